The first-order valence-electron chi connectivity index (χ1n) is 14.5. The van der Waals surface area contributed by atoms with Crippen molar-refractivity contribution in [1.82, 2.24) is 0 Å². The molecule has 10 heteroatoms. The molecule has 0 aromatic heterocycles. The molecule has 0 bridgehead atoms. The smallest absolute Gasteiger partial charge is 0.335 e. The SMILES string of the molecule is C=C(/C=C/C(OC/C(=C\[Si](C)(C)c1ccccc1)C(=O)OC)C1(CC(OC)OC)SCCCS1)O[Si](C)(C)C(C)(C)C. The van der Waals surface area contributed by atoms with E-state index in [1.807, 2.05) is 53.9 Å². The maximum Gasteiger partial charge on any atom is 0.335 e. The van der Waals surface area contributed by atoms with Crippen LogP contribution in [0, 0.1) is 0 Å². The summed E-state index contributed by atoms with van der Waals surface area (Å²) < 4.78 is 29.3. The van der Waals surface area contributed by atoms with Crippen LogP contribution in [0.25, 0.3) is 0 Å². The van der Waals surface area contributed by atoms with E-state index in [4.69, 9.17) is 23.4 Å². The summed E-state index contributed by atoms with van der Waals surface area (Å²) in [6.45, 7) is 19.9. The fourth-order valence-electron chi connectivity index (χ4n) is 4.38. The summed E-state index contributed by atoms with van der Waals surface area (Å²) in [5.74, 6) is 2.24. The van der Waals surface area contributed by atoms with Gasteiger partial charge in [0.2, 0.25) is 8.32 Å². The Hall–Kier alpha value is -1.28. The number of carbonyl (C=O) groups excluding carboxylic acids is 1. The maximum atomic E-state index is 13.0. The number of esters is 1. The number of allylic oxidation sites excluding steroid dienone is 1. The van der Waals surface area contributed by atoms with E-state index < -0.39 is 26.8 Å². The van der Waals surface area contributed by atoms with E-state index in [-0.39, 0.29) is 23.7 Å². The van der Waals surface area contributed by atoms with Gasteiger partial charge in [-0.2, -0.15) is 0 Å². The fourth-order valence-corrected chi connectivity index (χ4v) is 11.1. The van der Waals surface area contributed by atoms with Crippen LogP contribution in [0.4, 0.5) is 0 Å². The van der Waals surface area contributed by atoms with Crippen LogP contribution < -0.4 is 5.19 Å². The van der Waals surface area contributed by atoms with Gasteiger partial charge in [0.05, 0.1) is 29.1 Å². The molecule has 6 nitrogen and oxygen atoms in total. The number of methoxy groups -OCH3 is 3. The number of thioether (sulfide) groups is 2. The van der Waals surface area contributed by atoms with Crippen molar-refractivity contribution in [2.75, 3.05) is 39.4 Å². The summed E-state index contributed by atoms with van der Waals surface area (Å²) in [7, 11) is 0.573. The Morgan fingerprint density at radius 1 is 1.05 bits per heavy atom. The van der Waals surface area contributed by atoms with Crippen molar-refractivity contribution in [3.63, 3.8) is 0 Å². The maximum absolute atomic E-state index is 13.0. The zero-order valence-corrected chi connectivity index (χ0v) is 30.9. The minimum atomic E-state index is -2.11. The van der Waals surface area contributed by atoms with Crippen molar-refractivity contribution in [2.45, 2.75) is 81.3 Å². The Balaban J connectivity index is 2.48. The van der Waals surface area contributed by atoms with Crippen molar-refractivity contribution in [3.8, 4) is 0 Å². The first-order valence-corrected chi connectivity index (χ1v) is 22.4. The van der Waals surface area contributed by atoms with Crippen molar-refractivity contribution in [3.05, 3.63) is 66.1 Å². The summed E-state index contributed by atoms with van der Waals surface area (Å²) in [4.78, 5) is 13.0. The highest BCUT2D eigenvalue weighted by atomic mass is 32.2. The number of carbonyl (C=O) groups is 1. The minimum absolute atomic E-state index is 0.0514. The van der Waals surface area contributed by atoms with Crippen LogP contribution in [0.3, 0.4) is 0 Å². The highest BCUT2D eigenvalue weighted by Crippen LogP contribution is 2.50. The average molecular weight is 653 g/mol. The van der Waals surface area contributed by atoms with Gasteiger partial charge in [-0.15, -0.1) is 23.5 Å². The van der Waals surface area contributed by atoms with E-state index in [1.54, 1.807) is 14.2 Å². The Morgan fingerprint density at radius 2 is 1.64 bits per heavy atom. The zero-order chi connectivity index (χ0) is 31.6. The molecule has 0 amide bonds. The van der Waals surface area contributed by atoms with Gasteiger partial charge in [0.25, 0.3) is 0 Å². The molecule has 1 aromatic carbocycles. The number of rotatable bonds is 15. The molecule has 2 rings (SSSR count). The highest BCUT2D eigenvalue weighted by molar-refractivity contribution is 8.18. The van der Waals surface area contributed by atoms with Crippen LogP contribution in [0.1, 0.15) is 33.6 Å². The summed E-state index contributed by atoms with van der Waals surface area (Å²) >= 11 is 3.72. The van der Waals surface area contributed by atoms with Crippen LogP contribution in [0.2, 0.25) is 31.2 Å². The molecule has 1 saturated heterocycles. The van der Waals surface area contributed by atoms with Gasteiger partial charge in [0.15, 0.2) is 6.29 Å². The third kappa shape index (κ3) is 10.4. The second-order valence-electron chi connectivity index (χ2n) is 12.6. The lowest BCUT2D eigenvalue weighted by atomic mass is 10.1. The second kappa shape index (κ2) is 16.2. The van der Waals surface area contributed by atoms with Crippen LogP contribution in [-0.4, -0.2) is 78.3 Å². The summed E-state index contributed by atoms with van der Waals surface area (Å²) in [5.41, 5.74) is 2.62. The second-order valence-corrected chi connectivity index (χ2v) is 24.8. The lowest BCUT2D eigenvalue weighted by molar-refractivity contribution is -0.137. The molecule has 0 saturated carbocycles. The summed E-state index contributed by atoms with van der Waals surface area (Å²) in [5, 5.41) is 1.29. The van der Waals surface area contributed by atoms with Crippen molar-refractivity contribution < 1.29 is 28.2 Å². The largest absolute Gasteiger partial charge is 0.544 e. The van der Waals surface area contributed by atoms with E-state index in [2.05, 4.69) is 71.4 Å². The topological polar surface area (TPSA) is 63.2 Å². The Labute approximate surface area is 265 Å². The molecule has 1 aliphatic rings. The molecule has 0 aliphatic carbocycles. The minimum Gasteiger partial charge on any atom is -0.544 e. The molecule has 1 fully saturated rings. The standard InChI is InChI=1S/C32H52O6S2Si2/c1-25(38-42(10,11)31(2,3)4)18-19-28(32(22-29(34-5)35-6)39-20-15-21-40-32)37-23-26(30(33)36-7)24-41(8,9)27-16-13-12-14-17-27/h12-14,16-19,24,28-29H,1,15,20-23H2,2-11H3/b19-18+,26-24+. The molecule has 1 aromatic rings. The first-order chi connectivity index (χ1) is 19.6. The number of hydrogen-bond donors (Lipinski definition) is 0. The zero-order valence-electron chi connectivity index (χ0n) is 27.3. The number of hydrogen-bond acceptors (Lipinski definition) is 8. The van der Waals surface area contributed by atoms with E-state index in [1.165, 1.54) is 12.3 Å². The van der Waals surface area contributed by atoms with Crippen LogP contribution in [0.15, 0.2) is 66.1 Å². The van der Waals surface area contributed by atoms with E-state index in [0.29, 0.717) is 17.8 Å². The third-order valence-electron chi connectivity index (χ3n) is 7.96. The van der Waals surface area contributed by atoms with Crippen LogP contribution in [-0.2, 0) is 28.2 Å². The lowest BCUT2D eigenvalue weighted by Crippen LogP contribution is -2.44. The van der Waals surface area contributed by atoms with Crippen LogP contribution in [0.5, 0.6) is 0 Å². The van der Waals surface area contributed by atoms with Gasteiger partial charge in [0.1, 0.15) is 14.2 Å². The normalized spacial score (nSPS) is 17.4. The molecule has 0 N–H and O–H groups in total. The van der Waals surface area contributed by atoms with E-state index in [9.17, 15) is 4.79 Å². The van der Waals surface area contributed by atoms with Crippen LogP contribution >= 0.6 is 23.5 Å². The Bertz CT molecular complexity index is 1070. The molecule has 42 heavy (non-hydrogen) atoms. The van der Waals surface area contributed by atoms with Crippen molar-refractivity contribution >= 4 is 51.1 Å². The number of ether oxygens (including phenoxy) is 4. The fraction of sp³-hybridized carbons (Fsp3) is 0.594. The Kier molecular flexibility index (Phi) is 14.2. The number of benzene rings is 1. The van der Waals surface area contributed by atoms with Gasteiger partial charge >= 0.3 is 5.97 Å². The predicted octanol–water partition coefficient (Wildman–Crippen LogP) is 7.29. The van der Waals surface area contributed by atoms with Crippen molar-refractivity contribution in [2.24, 2.45) is 0 Å². The van der Waals surface area contributed by atoms with E-state index >= 15 is 0 Å². The Morgan fingerprint density at radius 3 is 2.17 bits per heavy atom. The molecule has 0 radical (unpaired) electrons. The summed E-state index contributed by atoms with van der Waals surface area (Å²) in [6.07, 6.45) is 4.92. The third-order valence-corrected chi connectivity index (χ3v) is 18.7. The monoisotopic (exact) mass is 652 g/mol. The quantitative estimate of drug-likeness (QED) is 0.0489. The molecule has 236 valence electrons. The van der Waals surface area contributed by atoms with Gasteiger partial charge < -0.3 is 23.4 Å². The van der Waals surface area contributed by atoms with E-state index in [0.717, 1.165) is 17.9 Å². The first kappa shape index (κ1) is 36.9. The van der Waals surface area contributed by atoms with Gasteiger partial charge in [-0.25, -0.2) is 4.79 Å². The molecule has 1 atom stereocenters. The molecule has 1 aliphatic heterocycles. The van der Waals surface area contributed by atoms with Gasteiger partial charge in [0, 0.05) is 20.6 Å². The van der Waals surface area contributed by atoms with Gasteiger partial charge in [-0.3, -0.25) is 0 Å². The average Bonchev–Trinajstić information content (AvgIpc) is 2.94. The van der Waals surface area contributed by atoms with Crippen molar-refractivity contribution in [1.29, 1.82) is 0 Å². The van der Waals surface area contributed by atoms with Gasteiger partial charge in [-0.1, -0.05) is 87.7 Å². The molecule has 0 spiro atoms. The highest BCUT2D eigenvalue weighted by Gasteiger charge is 2.44. The molecular weight excluding hydrogens is 601 g/mol. The lowest BCUT2D eigenvalue weighted by Gasteiger charge is -2.42. The molecular formula is C32H52O6S2Si2. The van der Waals surface area contributed by atoms with Gasteiger partial charge in [-0.05, 0) is 42.1 Å². The molecule has 1 unspecified atom stereocenters. The summed E-state index contributed by atoms with van der Waals surface area (Å²) in [6, 6.07) is 10.3. The predicted molar refractivity (Wildman–Crippen MR) is 185 cm³/mol. The molecule has 1 heterocycles.